The Kier molecular flexibility index (Phi) is 15.2. The summed E-state index contributed by atoms with van der Waals surface area (Å²) in [7, 11) is -4.54. The van der Waals surface area contributed by atoms with Crippen molar-refractivity contribution in [1.82, 2.24) is 0 Å². The number of benzene rings is 2. The number of hydrogen-bond acceptors (Lipinski definition) is 3. The first-order valence-electron chi connectivity index (χ1n) is 12.7. The van der Waals surface area contributed by atoms with Crippen molar-refractivity contribution in [3.05, 3.63) is 41.5 Å². The zero-order valence-corrected chi connectivity index (χ0v) is 25.6. The molecular formula is C28H43KO3S. The fourth-order valence-electron chi connectivity index (χ4n) is 4.63. The Labute approximate surface area is 245 Å². The van der Waals surface area contributed by atoms with Gasteiger partial charge in [-0.3, -0.25) is 0 Å². The fraction of sp³-hybridized carbons (Fsp3) is 0.643. The third kappa shape index (κ3) is 11.2. The summed E-state index contributed by atoms with van der Waals surface area (Å²) >= 11 is 0. The van der Waals surface area contributed by atoms with Crippen LogP contribution in [0, 0.1) is 11.8 Å². The van der Waals surface area contributed by atoms with Gasteiger partial charge >= 0.3 is 51.4 Å². The summed E-state index contributed by atoms with van der Waals surface area (Å²) in [5.74, 6) is 1.47. The number of aryl methyl sites for hydroxylation is 1. The van der Waals surface area contributed by atoms with Crippen LogP contribution in [0.1, 0.15) is 103 Å². The largest absolute Gasteiger partial charge is 1.00 e. The molecule has 0 fully saturated rings. The van der Waals surface area contributed by atoms with E-state index in [-0.39, 0.29) is 56.3 Å². The predicted molar refractivity (Wildman–Crippen MR) is 135 cm³/mol. The number of hydrogen-bond donors (Lipinski definition) is 0. The molecule has 5 heteroatoms. The molecule has 0 saturated carbocycles. The molecule has 0 N–H and O–H groups in total. The van der Waals surface area contributed by atoms with Crippen molar-refractivity contribution in [3.63, 3.8) is 0 Å². The molecule has 0 radical (unpaired) electrons. The molecule has 0 aliphatic carbocycles. The average molecular weight is 499 g/mol. The van der Waals surface area contributed by atoms with E-state index in [1.54, 1.807) is 6.07 Å². The first-order valence-corrected chi connectivity index (χ1v) is 14.1. The van der Waals surface area contributed by atoms with Crippen molar-refractivity contribution in [2.45, 2.75) is 110 Å². The summed E-state index contributed by atoms with van der Waals surface area (Å²) < 4.78 is 37.1. The summed E-state index contributed by atoms with van der Waals surface area (Å²) in [6, 6.07) is 9.56. The summed E-state index contributed by atoms with van der Waals surface area (Å²) in [5.41, 5.74) is 1.84. The minimum atomic E-state index is -4.54. The average Bonchev–Trinajstić information content (AvgIpc) is 2.71. The van der Waals surface area contributed by atoms with Gasteiger partial charge in [0, 0.05) is 0 Å². The monoisotopic (exact) mass is 498 g/mol. The van der Waals surface area contributed by atoms with Gasteiger partial charge in [-0.1, -0.05) is 109 Å². The van der Waals surface area contributed by atoms with Crippen molar-refractivity contribution in [1.29, 1.82) is 0 Å². The van der Waals surface area contributed by atoms with E-state index in [1.165, 1.54) is 32.1 Å². The van der Waals surface area contributed by atoms with E-state index in [4.69, 9.17) is 0 Å². The van der Waals surface area contributed by atoms with E-state index >= 15 is 0 Å². The van der Waals surface area contributed by atoms with Crippen LogP contribution < -0.4 is 51.4 Å². The Morgan fingerprint density at radius 1 is 0.758 bits per heavy atom. The van der Waals surface area contributed by atoms with Crippen LogP contribution in [0.4, 0.5) is 0 Å². The zero-order chi connectivity index (χ0) is 23.6. The molecule has 0 saturated heterocycles. The van der Waals surface area contributed by atoms with Crippen molar-refractivity contribution in [2.24, 2.45) is 11.8 Å². The number of fused-ring (bicyclic) bond motifs is 1. The van der Waals surface area contributed by atoms with Gasteiger partial charge in [0.2, 0.25) is 0 Å². The summed E-state index contributed by atoms with van der Waals surface area (Å²) in [4.78, 5) is 0.0348. The Morgan fingerprint density at radius 2 is 1.27 bits per heavy atom. The fourth-order valence-corrected chi connectivity index (χ4v) is 5.62. The van der Waals surface area contributed by atoms with Crippen LogP contribution in [0.5, 0.6) is 0 Å². The molecule has 2 rings (SSSR count). The van der Waals surface area contributed by atoms with Crippen LogP contribution >= 0.6 is 0 Å². The maximum atomic E-state index is 12.4. The van der Waals surface area contributed by atoms with E-state index in [0.29, 0.717) is 11.8 Å². The van der Waals surface area contributed by atoms with E-state index in [9.17, 15) is 13.0 Å². The van der Waals surface area contributed by atoms with Crippen molar-refractivity contribution in [3.8, 4) is 0 Å². The molecule has 0 aliphatic heterocycles. The Morgan fingerprint density at radius 3 is 1.82 bits per heavy atom. The summed E-state index contributed by atoms with van der Waals surface area (Å²) in [6.07, 6.45) is 13.0. The van der Waals surface area contributed by atoms with Gasteiger partial charge in [-0.05, 0) is 59.4 Å². The number of unbranched alkanes of at least 4 members (excludes halogenated alkanes) is 6. The van der Waals surface area contributed by atoms with Crippen LogP contribution in [0.2, 0.25) is 0 Å². The third-order valence-electron chi connectivity index (χ3n) is 6.38. The second kappa shape index (κ2) is 16.1. The Hall–Kier alpha value is 0.246. The van der Waals surface area contributed by atoms with Crippen molar-refractivity contribution < 1.29 is 64.4 Å². The minimum absolute atomic E-state index is 0. The predicted octanol–water partition coefficient (Wildman–Crippen LogP) is 5.05. The molecule has 180 valence electrons. The van der Waals surface area contributed by atoms with Gasteiger partial charge in [0.1, 0.15) is 10.1 Å². The van der Waals surface area contributed by atoms with Gasteiger partial charge in [0.25, 0.3) is 0 Å². The van der Waals surface area contributed by atoms with Gasteiger partial charge in [0.05, 0.1) is 4.90 Å². The molecule has 33 heavy (non-hydrogen) atoms. The third-order valence-corrected chi connectivity index (χ3v) is 7.35. The standard InChI is InChI=1S/C28H44O3S.K/c1-22(2)15-9-5-7-11-17-24-21-25-18-13-14-20-27(25)28(32(29,30)31)26(24)19-12-8-6-10-16-23(3)4;/h13-14,18,20-23H,5-12,15-17,19H2,1-4H3,(H,29,30,31);/q;+1/p-1. The van der Waals surface area contributed by atoms with Gasteiger partial charge in [-0.25, -0.2) is 8.42 Å². The van der Waals surface area contributed by atoms with Crippen molar-refractivity contribution in [2.75, 3.05) is 0 Å². The molecule has 0 bridgehead atoms. The molecular weight excluding hydrogens is 455 g/mol. The summed E-state index contributed by atoms with van der Waals surface area (Å²) in [6.45, 7) is 9.01. The molecule has 0 aliphatic rings. The van der Waals surface area contributed by atoms with E-state index in [0.717, 1.165) is 66.9 Å². The molecule has 0 unspecified atom stereocenters. The molecule has 0 atom stereocenters. The second-order valence-electron chi connectivity index (χ2n) is 10.2. The molecule has 0 heterocycles. The SMILES string of the molecule is CC(C)CCCCCCc1cc2ccccc2c(S(=O)(=O)[O-])c1CCCCCCC(C)C.[K+]. The number of rotatable bonds is 15. The minimum Gasteiger partial charge on any atom is -0.744 e. The van der Waals surface area contributed by atoms with E-state index < -0.39 is 10.1 Å². The van der Waals surface area contributed by atoms with E-state index in [2.05, 4.69) is 33.8 Å². The Bertz CT molecular complexity index is 936. The van der Waals surface area contributed by atoms with Crippen molar-refractivity contribution >= 4 is 20.9 Å². The normalized spacial score (nSPS) is 12.0. The first kappa shape index (κ1) is 31.3. The van der Waals surface area contributed by atoms with Gasteiger partial charge in [-0.2, -0.15) is 0 Å². The topological polar surface area (TPSA) is 57.2 Å². The van der Waals surface area contributed by atoms with Crippen LogP contribution in [-0.4, -0.2) is 13.0 Å². The van der Waals surface area contributed by atoms with Crippen LogP contribution in [0.15, 0.2) is 35.2 Å². The summed E-state index contributed by atoms with van der Waals surface area (Å²) in [5, 5.41) is 1.44. The van der Waals surface area contributed by atoms with Crippen LogP contribution in [0.3, 0.4) is 0 Å². The van der Waals surface area contributed by atoms with Gasteiger partial charge in [-0.15, -0.1) is 0 Å². The van der Waals surface area contributed by atoms with Gasteiger partial charge < -0.3 is 4.55 Å². The maximum absolute atomic E-state index is 12.4. The first-order chi connectivity index (χ1) is 15.2. The van der Waals surface area contributed by atoms with Gasteiger partial charge in [0.15, 0.2) is 0 Å². The molecule has 0 aromatic heterocycles. The van der Waals surface area contributed by atoms with E-state index in [1.807, 2.05) is 18.2 Å². The molecule has 0 amide bonds. The maximum Gasteiger partial charge on any atom is 1.00 e. The smallest absolute Gasteiger partial charge is 0.744 e. The molecule has 2 aromatic carbocycles. The molecule has 3 nitrogen and oxygen atoms in total. The molecule has 0 spiro atoms. The second-order valence-corrected chi connectivity index (χ2v) is 11.5. The quantitative estimate of drug-likeness (QED) is 0.196. The Balaban J connectivity index is 0.00000544. The molecule has 2 aromatic rings. The van der Waals surface area contributed by atoms with Crippen LogP contribution in [-0.2, 0) is 23.0 Å². The zero-order valence-electron chi connectivity index (χ0n) is 21.7. The van der Waals surface area contributed by atoms with Crippen LogP contribution in [0.25, 0.3) is 10.8 Å².